The van der Waals surface area contributed by atoms with Crippen LogP contribution in [0.25, 0.3) is 0 Å². The summed E-state index contributed by atoms with van der Waals surface area (Å²) in [4.78, 5) is 71.1. The zero-order valence-corrected chi connectivity index (χ0v) is 36.4. The lowest BCUT2D eigenvalue weighted by molar-refractivity contribution is -0.138. The molecule has 4 aliphatic rings. The van der Waals surface area contributed by atoms with Crippen molar-refractivity contribution in [1.82, 2.24) is 40.4 Å². The van der Waals surface area contributed by atoms with Gasteiger partial charge in [0.2, 0.25) is 11.8 Å². The van der Waals surface area contributed by atoms with Gasteiger partial charge in [-0.3, -0.25) is 9.59 Å². The number of amides is 4. The van der Waals surface area contributed by atoms with Gasteiger partial charge < -0.3 is 39.9 Å². The Balaban J connectivity index is 1.09. The highest BCUT2D eigenvalue weighted by Crippen LogP contribution is 2.49. The number of fused-ring (bicyclic) bond motifs is 1. The van der Waals surface area contributed by atoms with Gasteiger partial charge in [-0.05, 0) is 104 Å². The van der Waals surface area contributed by atoms with Crippen LogP contribution in [0.15, 0.2) is 24.5 Å². The molecule has 4 amide bonds. The molecular weight excluding hydrogens is 773 g/mol. The number of H-pyrrole nitrogens is 2. The highest BCUT2D eigenvalue weighted by Gasteiger charge is 2.41. The predicted molar refractivity (Wildman–Crippen MR) is 229 cm³/mol. The summed E-state index contributed by atoms with van der Waals surface area (Å²) >= 11 is 0. The average Bonchev–Trinajstić information content (AvgIpc) is 4.11. The molecule has 61 heavy (non-hydrogen) atoms. The molecule has 3 fully saturated rings. The molecular formula is C47H60N8O6. The zero-order chi connectivity index (χ0) is 43.3. The molecule has 2 aliphatic heterocycles. The Labute approximate surface area is 359 Å². The first kappa shape index (κ1) is 43.3. The second-order valence-corrected chi connectivity index (χ2v) is 17.9. The van der Waals surface area contributed by atoms with Gasteiger partial charge in [-0.15, -0.1) is 0 Å². The molecule has 2 saturated heterocycles. The van der Waals surface area contributed by atoms with Gasteiger partial charge in [-0.2, -0.15) is 0 Å². The lowest BCUT2D eigenvalue weighted by Gasteiger charge is -2.33. The molecule has 1 saturated carbocycles. The van der Waals surface area contributed by atoms with Gasteiger partial charge in [0.25, 0.3) is 0 Å². The minimum absolute atomic E-state index is 0.000108. The van der Waals surface area contributed by atoms with Gasteiger partial charge in [-0.25, -0.2) is 19.6 Å². The van der Waals surface area contributed by atoms with Crippen LogP contribution >= 0.6 is 0 Å². The van der Waals surface area contributed by atoms with E-state index in [0.717, 1.165) is 55.5 Å². The topological polar surface area (TPSA) is 175 Å². The average molecular weight is 833 g/mol. The van der Waals surface area contributed by atoms with E-state index in [9.17, 15) is 19.2 Å². The van der Waals surface area contributed by atoms with Crippen molar-refractivity contribution >= 4 is 24.0 Å². The van der Waals surface area contributed by atoms with Gasteiger partial charge in [0.05, 0.1) is 44.6 Å². The third-order valence-corrected chi connectivity index (χ3v) is 13.2. The molecule has 2 aromatic heterocycles. The number of aromatic nitrogens is 4. The first-order chi connectivity index (χ1) is 29.4. The molecule has 0 bridgehead atoms. The van der Waals surface area contributed by atoms with Crippen molar-refractivity contribution in [2.45, 2.75) is 116 Å². The number of hydrogen-bond acceptors (Lipinski definition) is 8. The van der Waals surface area contributed by atoms with E-state index in [1.165, 1.54) is 57.5 Å². The third kappa shape index (κ3) is 9.59. The van der Waals surface area contributed by atoms with E-state index in [0.29, 0.717) is 30.3 Å². The van der Waals surface area contributed by atoms with Crippen LogP contribution in [-0.2, 0) is 31.9 Å². The van der Waals surface area contributed by atoms with E-state index >= 15 is 0 Å². The summed E-state index contributed by atoms with van der Waals surface area (Å²) in [6, 6.07) is 3.06. The smallest absolute Gasteiger partial charge is 0.407 e. The number of benzene rings is 1. The number of hydrogen-bond donors (Lipinski definition) is 4. The molecule has 14 nitrogen and oxygen atoms in total. The second kappa shape index (κ2) is 18.9. The molecule has 4 atom stereocenters. The number of nitrogens with zero attached hydrogens (tertiary/aromatic N) is 4. The SMILES string of the molecule is COC(=O)NCC(C(=O)N1CCCC1c1ncc(C#Cc2ccc(C#Cc3cnc(C4CCCN4C(=O)C(NC(=O)OC)C(C)C)[nH]3)c3c2CC2(CCCCC2)C3)[nH]1)C(C)C. The molecule has 1 aromatic carbocycles. The van der Waals surface area contributed by atoms with E-state index in [1.54, 1.807) is 17.3 Å². The second-order valence-electron chi connectivity index (χ2n) is 17.9. The predicted octanol–water partition coefficient (Wildman–Crippen LogP) is 6.32. The Bertz CT molecular complexity index is 2230. The fourth-order valence-electron chi connectivity index (χ4n) is 9.80. The maximum Gasteiger partial charge on any atom is 0.407 e. The molecule has 3 aromatic rings. The molecule has 7 rings (SSSR count). The molecule has 2 aliphatic carbocycles. The normalized spacial score (nSPS) is 20.1. The minimum Gasteiger partial charge on any atom is -0.453 e. The lowest BCUT2D eigenvalue weighted by Crippen LogP contribution is -2.51. The quantitative estimate of drug-likeness (QED) is 0.181. The summed E-state index contributed by atoms with van der Waals surface area (Å²) < 4.78 is 9.52. The van der Waals surface area contributed by atoms with Crippen molar-refractivity contribution in [3.63, 3.8) is 0 Å². The highest BCUT2D eigenvalue weighted by atomic mass is 16.5. The van der Waals surface area contributed by atoms with Crippen LogP contribution in [0.5, 0.6) is 0 Å². The van der Waals surface area contributed by atoms with E-state index in [1.807, 2.05) is 32.6 Å². The summed E-state index contributed by atoms with van der Waals surface area (Å²) in [5.74, 6) is 14.5. The standard InChI is InChI=1S/C47H60N8O6/c1-29(2)37(28-50-45(58)60-5)43(56)54-22-10-12-38(54)41-48-26-33(51-41)18-16-31-14-15-32(36-25-47(24-35(31)36)20-8-7-9-21-47)17-19-34-27-49-42(52-34)39-13-11-23-55(39)44(57)40(30(3)4)53-46(59)61-6/h14-15,26-27,29-30,37-40H,7-13,20-25,28H2,1-6H3,(H,48,51)(H,49,52)(H,50,58)(H,53,59). The summed E-state index contributed by atoms with van der Waals surface area (Å²) in [5.41, 5.74) is 6.16. The number of alkyl carbamates (subject to hydrolysis) is 2. The number of nitrogens with one attached hydrogen (secondary N) is 4. The van der Waals surface area contributed by atoms with Crippen molar-refractivity contribution in [2.24, 2.45) is 23.2 Å². The molecule has 4 N–H and O–H groups in total. The Kier molecular flexibility index (Phi) is 13.4. The van der Waals surface area contributed by atoms with Crippen LogP contribution in [0.3, 0.4) is 0 Å². The van der Waals surface area contributed by atoms with Crippen LogP contribution in [-0.4, -0.2) is 93.6 Å². The van der Waals surface area contributed by atoms with Crippen molar-refractivity contribution in [2.75, 3.05) is 33.9 Å². The third-order valence-electron chi connectivity index (χ3n) is 13.2. The van der Waals surface area contributed by atoms with Crippen LogP contribution in [0.2, 0.25) is 0 Å². The monoisotopic (exact) mass is 832 g/mol. The number of rotatable bonds is 9. The van der Waals surface area contributed by atoms with Crippen molar-refractivity contribution < 1.29 is 28.7 Å². The van der Waals surface area contributed by atoms with Gasteiger partial charge in [0, 0.05) is 30.8 Å². The number of imidazole rings is 2. The molecule has 4 heterocycles. The molecule has 1 spiro atoms. The lowest BCUT2D eigenvalue weighted by atomic mass is 9.72. The van der Waals surface area contributed by atoms with Gasteiger partial charge in [0.15, 0.2) is 0 Å². The maximum atomic E-state index is 13.8. The van der Waals surface area contributed by atoms with Crippen molar-refractivity contribution in [3.05, 3.63) is 69.8 Å². The molecule has 4 unspecified atom stereocenters. The number of carbonyl (C=O) groups excluding carboxylic acids is 4. The minimum atomic E-state index is -0.700. The largest absolute Gasteiger partial charge is 0.453 e. The maximum absolute atomic E-state index is 13.8. The number of aromatic amines is 2. The van der Waals surface area contributed by atoms with Crippen molar-refractivity contribution in [3.8, 4) is 23.7 Å². The summed E-state index contributed by atoms with van der Waals surface area (Å²) in [5, 5.41) is 5.41. The van der Waals surface area contributed by atoms with Crippen LogP contribution < -0.4 is 10.6 Å². The Morgan fingerprint density at radius 2 is 1.26 bits per heavy atom. The van der Waals surface area contributed by atoms with Gasteiger partial charge in [0.1, 0.15) is 29.1 Å². The summed E-state index contributed by atoms with van der Waals surface area (Å²) in [6.07, 6.45) is 13.7. The first-order valence-corrected chi connectivity index (χ1v) is 22.0. The fourth-order valence-corrected chi connectivity index (χ4v) is 9.80. The zero-order valence-electron chi connectivity index (χ0n) is 36.4. The van der Waals surface area contributed by atoms with Crippen LogP contribution in [0.1, 0.15) is 143 Å². The van der Waals surface area contributed by atoms with E-state index < -0.39 is 18.2 Å². The molecule has 324 valence electrons. The first-order valence-electron chi connectivity index (χ1n) is 22.0. The van der Waals surface area contributed by atoms with Crippen LogP contribution in [0.4, 0.5) is 9.59 Å². The van der Waals surface area contributed by atoms with Gasteiger partial charge in [-0.1, -0.05) is 58.8 Å². The number of carbonyl (C=O) groups is 4. The van der Waals surface area contributed by atoms with E-state index in [2.05, 4.69) is 61.4 Å². The summed E-state index contributed by atoms with van der Waals surface area (Å²) in [7, 11) is 2.61. The van der Waals surface area contributed by atoms with E-state index in [4.69, 9.17) is 14.5 Å². The number of ether oxygens (including phenoxy) is 2. The fraction of sp³-hybridized carbons (Fsp3) is 0.574. The van der Waals surface area contributed by atoms with E-state index in [-0.39, 0.29) is 53.6 Å². The number of likely N-dealkylation sites (tertiary alicyclic amines) is 2. The number of methoxy groups -OCH3 is 2. The Morgan fingerprint density at radius 1 is 0.738 bits per heavy atom. The Morgan fingerprint density at radius 3 is 1.75 bits per heavy atom. The highest BCUT2D eigenvalue weighted by molar-refractivity contribution is 5.86. The Hall–Kier alpha value is -5.76. The molecule has 14 heteroatoms. The summed E-state index contributed by atoms with van der Waals surface area (Å²) in [6.45, 7) is 9.21. The van der Waals surface area contributed by atoms with Crippen LogP contribution in [0, 0.1) is 46.9 Å². The van der Waals surface area contributed by atoms with Crippen molar-refractivity contribution in [1.29, 1.82) is 0 Å². The van der Waals surface area contributed by atoms with Gasteiger partial charge >= 0.3 is 12.2 Å². The molecule has 0 radical (unpaired) electrons.